The molecule has 0 aromatic carbocycles. The van der Waals surface area contributed by atoms with E-state index in [4.69, 9.17) is 20.0 Å². The predicted molar refractivity (Wildman–Crippen MR) is 415 cm³/mol. The summed E-state index contributed by atoms with van der Waals surface area (Å²) >= 11 is 9.21. The Kier molecular flexibility index (Phi) is 54.0. The number of aromatic nitrogens is 6. The lowest BCUT2D eigenvalue weighted by Crippen LogP contribution is -2.06. The highest BCUT2D eigenvalue weighted by atomic mass is 32.1. The zero-order valence-corrected chi connectivity index (χ0v) is 62.5. The van der Waals surface area contributed by atoms with E-state index in [0.717, 1.165) is 73.8 Å². The topological polar surface area (TPSA) is 125 Å². The van der Waals surface area contributed by atoms with Crippen LogP contribution in [0.25, 0.3) is 0 Å². The maximum atomic E-state index is 10.4. The molecule has 0 aliphatic carbocycles. The van der Waals surface area contributed by atoms with Crippen molar-refractivity contribution in [2.45, 2.75) is 311 Å². The molecule has 0 amide bonds. The van der Waals surface area contributed by atoms with Gasteiger partial charge in [0.15, 0.2) is 0 Å². The van der Waals surface area contributed by atoms with E-state index in [9.17, 15) is 10.4 Å². The predicted octanol–water partition coefficient (Wildman–Crippen LogP) is 22.4. The van der Waals surface area contributed by atoms with Crippen molar-refractivity contribution in [1.29, 1.82) is 0 Å². The van der Waals surface area contributed by atoms with E-state index in [-0.39, 0.29) is 0 Å². The van der Waals surface area contributed by atoms with Crippen LogP contribution in [-0.2, 0) is 26.2 Å². The molecule has 0 fully saturated rings. The number of nitrogens with zero attached hydrogens (tertiary/aromatic N) is 10. The third kappa shape index (κ3) is 48.0. The van der Waals surface area contributed by atoms with E-state index in [2.05, 4.69) is 169 Å². The Morgan fingerprint density at radius 3 is 0.604 bits per heavy atom. The average Bonchev–Trinajstić information content (AvgIpc) is 2.47. The minimum atomic E-state index is 0.313. The SMILES string of the molecule is CCCCCCCCN=c1ccn(CCCCCCCCCCn2ccc(=NCCCCCCCC)cc2)cc1.CCCCCCCCN=c1ccn(CCCCCCCCCCn2ccc(=NCCCCCCCC)cc2)cc1.[O-]n1ccccc1=S.[O-]n1ccccc1=S. The first-order valence-electron chi connectivity index (χ1n) is 38.6. The molecular formula is C82H132N10O2S2-2. The highest BCUT2D eigenvalue weighted by Gasteiger charge is 1.99. The molecule has 0 atom stereocenters. The molecule has 0 aliphatic heterocycles. The van der Waals surface area contributed by atoms with Gasteiger partial charge in [0, 0.05) is 102 Å². The Morgan fingerprint density at radius 1 is 0.240 bits per heavy atom. The summed E-state index contributed by atoms with van der Waals surface area (Å²) in [6.07, 6.45) is 73.8. The van der Waals surface area contributed by atoms with Crippen molar-refractivity contribution in [3.63, 3.8) is 0 Å². The van der Waals surface area contributed by atoms with Crippen LogP contribution in [0.3, 0.4) is 0 Å². The largest absolute Gasteiger partial charge is 0.805 e. The fraction of sp³-hybridized carbons (Fsp3) is 0.634. The third-order valence-corrected chi connectivity index (χ3v) is 18.1. The van der Waals surface area contributed by atoms with Crippen molar-refractivity contribution in [2.24, 2.45) is 20.0 Å². The zero-order chi connectivity index (χ0) is 68.7. The van der Waals surface area contributed by atoms with Gasteiger partial charge in [0.2, 0.25) is 0 Å². The van der Waals surface area contributed by atoms with Gasteiger partial charge < -0.3 is 38.1 Å². The standard InChI is InChI=1S/2C36H62N4.2C5H4NOS/c2*1-3-5-7-9-15-19-27-37-35-23-31-39(32-24-35)29-21-17-13-11-12-14-18-22-30-40-33-25-36(26-34-40)38-28-20-16-10-8-6-4-2;2*7-6-4-2-1-3-5(6)8/h2*23-26,31-34H,3-22,27-30H2,1-2H3;2*1-4H/q;;2*-1. The Hall–Kier alpha value is -5.86. The van der Waals surface area contributed by atoms with Crippen LogP contribution < -0.4 is 21.4 Å². The molecule has 0 bridgehead atoms. The van der Waals surface area contributed by atoms with Crippen LogP contribution in [0.1, 0.15) is 285 Å². The first-order valence-corrected chi connectivity index (χ1v) is 39.4. The summed E-state index contributed by atoms with van der Waals surface area (Å²) in [7, 11) is 0. The summed E-state index contributed by atoms with van der Waals surface area (Å²) in [5, 5.41) is 25.4. The molecule has 96 heavy (non-hydrogen) atoms. The van der Waals surface area contributed by atoms with Crippen LogP contribution in [-0.4, -0.2) is 53.9 Å². The van der Waals surface area contributed by atoms with Gasteiger partial charge in [-0.05, 0) is 137 Å². The maximum absolute atomic E-state index is 10.4. The Bertz CT molecular complexity index is 2720. The highest BCUT2D eigenvalue weighted by Crippen LogP contribution is 2.13. The first kappa shape index (κ1) is 84.4. The summed E-state index contributed by atoms with van der Waals surface area (Å²) in [5.41, 5.74) is 0. The first-order chi connectivity index (χ1) is 47.2. The second-order valence-electron chi connectivity index (χ2n) is 26.2. The van der Waals surface area contributed by atoms with Gasteiger partial charge in [-0.1, -0.05) is 270 Å². The van der Waals surface area contributed by atoms with Crippen LogP contribution in [0.5, 0.6) is 0 Å². The summed E-state index contributed by atoms with van der Waals surface area (Å²) in [6, 6.07) is 27.3. The molecule has 14 heteroatoms. The van der Waals surface area contributed by atoms with Crippen molar-refractivity contribution < 1.29 is 0 Å². The van der Waals surface area contributed by atoms with Gasteiger partial charge in [0.1, 0.15) is 9.28 Å². The molecule has 0 saturated heterocycles. The van der Waals surface area contributed by atoms with Gasteiger partial charge in [0.05, 0.1) is 21.4 Å². The van der Waals surface area contributed by atoms with Gasteiger partial charge in [-0.15, -0.1) is 0 Å². The number of unbranched alkanes of at least 4 members (excludes halogenated alkanes) is 34. The number of rotatable bonds is 50. The number of aryl methyl sites for hydroxylation is 4. The summed E-state index contributed by atoms with van der Waals surface area (Å²) < 4.78 is 11.2. The van der Waals surface area contributed by atoms with Crippen molar-refractivity contribution in [1.82, 2.24) is 27.7 Å². The molecule has 6 rings (SSSR count). The number of pyridine rings is 6. The van der Waals surface area contributed by atoms with Crippen LogP contribution in [0, 0.1) is 19.7 Å². The van der Waals surface area contributed by atoms with E-state index < -0.39 is 0 Å². The normalized spacial score (nSPS) is 10.8. The molecule has 0 N–H and O–H groups in total. The third-order valence-electron chi connectivity index (χ3n) is 17.5. The molecular weight excluding hydrogens is 1220 g/mol. The van der Waals surface area contributed by atoms with Crippen LogP contribution in [0.15, 0.2) is 167 Å². The van der Waals surface area contributed by atoms with Gasteiger partial charge >= 0.3 is 0 Å². The molecule has 12 nitrogen and oxygen atoms in total. The van der Waals surface area contributed by atoms with E-state index in [1.807, 2.05) is 0 Å². The molecule has 6 heterocycles. The molecule has 0 spiro atoms. The second kappa shape index (κ2) is 61.5. The summed E-state index contributed by atoms with van der Waals surface area (Å²) in [4.78, 5) is 19.0. The minimum Gasteiger partial charge on any atom is -0.805 e. The lowest BCUT2D eigenvalue weighted by atomic mass is 10.1. The van der Waals surface area contributed by atoms with Crippen molar-refractivity contribution >= 4 is 24.4 Å². The molecule has 0 unspecified atom stereocenters. The van der Waals surface area contributed by atoms with Crippen molar-refractivity contribution in [3.05, 3.63) is 188 Å². The number of hydrogen-bond acceptors (Lipinski definition) is 8. The zero-order valence-electron chi connectivity index (χ0n) is 60.9. The molecule has 0 radical (unpaired) electrons. The Labute approximate surface area is 593 Å². The lowest BCUT2D eigenvalue weighted by molar-refractivity contribution is 0.524. The van der Waals surface area contributed by atoms with E-state index >= 15 is 0 Å². The van der Waals surface area contributed by atoms with Gasteiger partial charge in [-0.25, -0.2) is 0 Å². The summed E-state index contributed by atoms with van der Waals surface area (Å²) in [6.45, 7) is 17.5. The van der Waals surface area contributed by atoms with Crippen LogP contribution >= 0.6 is 24.4 Å². The second-order valence-corrected chi connectivity index (χ2v) is 27.0. The molecule has 536 valence electrons. The van der Waals surface area contributed by atoms with Crippen molar-refractivity contribution in [3.8, 4) is 0 Å². The monoisotopic (exact) mass is 1350 g/mol. The fourth-order valence-electron chi connectivity index (χ4n) is 11.3. The van der Waals surface area contributed by atoms with Crippen molar-refractivity contribution in [2.75, 3.05) is 26.2 Å². The quantitative estimate of drug-likeness (QED) is 0.0278. The van der Waals surface area contributed by atoms with E-state index in [1.165, 1.54) is 269 Å². The van der Waals surface area contributed by atoms with Gasteiger partial charge in [-0.3, -0.25) is 20.0 Å². The minimum absolute atomic E-state index is 0.313. The summed E-state index contributed by atoms with van der Waals surface area (Å²) in [5.74, 6) is 0. The Morgan fingerprint density at radius 2 is 0.427 bits per heavy atom. The van der Waals surface area contributed by atoms with Gasteiger partial charge in [-0.2, -0.15) is 0 Å². The van der Waals surface area contributed by atoms with Crippen LogP contribution in [0.4, 0.5) is 0 Å². The molecule has 6 aromatic heterocycles. The molecule has 0 saturated carbocycles. The highest BCUT2D eigenvalue weighted by molar-refractivity contribution is 7.71. The molecule has 6 aromatic rings. The van der Waals surface area contributed by atoms with Gasteiger partial charge in [0.25, 0.3) is 0 Å². The lowest BCUT2D eigenvalue weighted by Gasteiger charge is -2.07. The average molecular weight is 1350 g/mol. The Balaban J connectivity index is 0.000000403. The maximum Gasteiger partial charge on any atom is 0.101 e. The smallest absolute Gasteiger partial charge is 0.101 e. The fourth-order valence-corrected chi connectivity index (χ4v) is 11.6. The number of hydrogen-bond donors (Lipinski definition) is 0. The van der Waals surface area contributed by atoms with E-state index in [0.29, 0.717) is 18.7 Å². The van der Waals surface area contributed by atoms with E-state index in [1.54, 1.807) is 36.4 Å². The van der Waals surface area contributed by atoms with Crippen LogP contribution in [0.2, 0.25) is 0 Å². The molecule has 0 aliphatic rings.